The van der Waals surface area contributed by atoms with Crippen molar-refractivity contribution in [3.8, 4) is 0 Å². The minimum absolute atomic E-state index is 0.0578. The van der Waals surface area contributed by atoms with Crippen LogP contribution in [-0.4, -0.2) is 25.9 Å². The van der Waals surface area contributed by atoms with Gasteiger partial charge in [-0.05, 0) is 50.1 Å². The Bertz CT molecular complexity index is 563. The van der Waals surface area contributed by atoms with Crippen molar-refractivity contribution in [2.24, 2.45) is 5.73 Å². The van der Waals surface area contributed by atoms with Gasteiger partial charge in [0.05, 0.1) is 9.31 Å². The van der Waals surface area contributed by atoms with E-state index in [1.807, 2.05) is 13.8 Å². The minimum atomic E-state index is -3.80. The second kappa shape index (κ2) is 5.80. The Kier molecular flexibility index (Phi) is 4.64. The Hall–Kier alpha value is -1.65. The van der Waals surface area contributed by atoms with Gasteiger partial charge in [-0.3, -0.25) is 0 Å². The van der Waals surface area contributed by atoms with Gasteiger partial charge in [0.2, 0.25) is 0 Å². The van der Waals surface area contributed by atoms with Crippen molar-refractivity contribution in [1.29, 1.82) is 5.39 Å². The van der Waals surface area contributed by atoms with E-state index in [9.17, 15) is 8.42 Å². The van der Waals surface area contributed by atoms with Crippen molar-refractivity contribution in [2.75, 3.05) is 13.1 Å². The summed E-state index contributed by atoms with van der Waals surface area (Å²) in [6, 6.07) is 4.78. The van der Waals surface area contributed by atoms with Gasteiger partial charge in [-0.2, -0.15) is 8.42 Å². The minimum Gasteiger partial charge on any atom is -0.330 e. The first-order chi connectivity index (χ1) is 8.43. The fraction of sp³-hybridized carbons (Fsp3) is 0.455. The lowest BCUT2D eigenvalue weighted by atomic mass is 10.1. The van der Waals surface area contributed by atoms with E-state index < -0.39 is 10.0 Å². The van der Waals surface area contributed by atoms with Crippen LogP contribution >= 0.6 is 0 Å². The molecule has 18 heavy (non-hydrogen) atoms. The third-order valence-corrected chi connectivity index (χ3v) is 4.37. The quantitative estimate of drug-likeness (QED) is 0.646. The first kappa shape index (κ1) is 14.4. The topological polar surface area (TPSA) is 91.6 Å². The van der Waals surface area contributed by atoms with Crippen LogP contribution in [0.15, 0.2) is 23.1 Å². The molecule has 2 N–H and O–H groups in total. The summed E-state index contributed by atoms with van der Waals surface area (Å²) in [4.78, 5) is 0.112. The molecule has 0 spiro atoms. The smallest absolute Gasteiger partial charge is 0.326 e. The molecule has 0 saturated heterocycles. The summed E-state index contributed by atoms with van der Waals surface area (Å²) in [5.41, 5.74) is 7.18. The molecule has 0 heterocycles. The van der Waals surface area contributed by atoms with Gasteiger partial charge >= 0.3 is 15.1 Å². The first-order valence-electron chi connectivity index (χ1n) is 5.58. The van der Waals surface area contributed by atoms with Crippen LogP contribution in [0, 0.1) is 19.2 Å². The van der Waals surface area contributed by atoms with E-state index in [4.69, 9.17) is 11.1 Å². The molecule has 0 aliphatic rings. The lowest BCUT2D eigenvalue weighted by molar-refractivity contribution is 0.482. The molecular weight excluding hydrogens is 252 g/mol. The summed E-state index contributed by atoms with van der Waals surface area (Å²) < 4.78 is 25.0. The van der Waals surface area contributed by atoms with Crippen LogP contribution in [0.2, 0.25) is 0 Å². The average Bonchev–Trinajstić information content (AvgIpc) is 2.33. The number of diazo groups is 1. The summed E-state index contributed by atoms with van der Waals surface area (Å²) >= 11 is 0. The predicted molar refractivity (Wildman–Crippen MR) is 68.6 cm³/mol. The zero-order valence-electron chi connectivity index (χ0n) is 10.5. The normalized spacial score (nSPS) is 11.0. The second-order valence-electron chi connectivity index (χ2n) is 4.03. The van der Waals surface area contributed by atoms with Crippen molar-refractivity contribution in [2.45, 2.75) is 25.2 Å². The lowest BCUT2D eigenvalue weighted by Gasteiger charge is -2.07. The fourth-order valence-corrected chi connectivity index (χ4v) is 2.71. The van der Waals surface area contributed by atoms with Gasteiger partial charge in [0.1, 0.15) is 6.54 Å². The Morgan fingerprint density at radius 3 is 2.50 bits per heavy atom. The highest BCUT2D eigenvalue weighted by Gasteiger charge is 2.32. The van der Waals surface area contributed by atoms with Gasteiger partial charge in [0.25, 0.3) is 5.39 Å². The number of hydrogen-bond acceptors (Lipinski definition) is 4. The predicted octanol–water partition coefficient (Wildman–Crippen LogP) is 1.41. The Labute approximate surface area is 107 Å². The molecular formula is C11H17N4O2S+. The number of sulfonamides is 1. The fourth-order valence-electron chi connectivity index (χ4n) is 1.44. The van der Waals surface area contributed by atoms with Gasteiger partial charge in [0.15, 0.2) is 0 Å². The lowest BCUT2D eigenvalue weighted by Crippen LogP contribution is -2.27. The van der Waals surface area contributed by atoms with E-state index in [-0.39, 0.29) is 11.4 Å². The third-order valence-electron chi connectivity index (χ3n) is 2.71. The molecule has 1 aromatic carbocycles. The van der Waals surface area contributed by atoms with E-state index in [1.165, 1.54) is 6.07 Å². The molecule has 0 atom stereocenters. The molecule has 0 unspecified atom stereocenters. The van der Waals surface area contributed by atoms with Gasteiger partial charge in [0, 0.05) is 0 Å². The Balaban J connectivity index is 3.12. The molecule has 0 amide bonds. The van der Waals surface area contributed by atoms with Gasteiger partial charge in [-0.15, -0.1) is 0 Å². The molecule has 1 rings (SSSR count). The van der Waals surface area contributed by atoms with E-state index >= 15 is 0 Å². The highest BCUT2D eigenvalue weighted by atomic mass is 32.2. The molecule has 1 aromatic rings. The van der Waals surface area contributed by atoms with Crippen LogP contribution in [0.5, 0.6) is 0 Å². The van der Waals surface area contributed by atoms with Crippen LogP contribution < -0.4 is 5.73 Å². The SMILES string of the molecule is Cc1ccc(S(=O)(=O)N(CCCN)[N+]#N)cc1C. The number of rotatable bonds is 5. The van der Waals surface area contributed by atoms with Gasteiger partial charge in [-0.1, -0.05) is 6.07 Å². The third kappa shape index (κ3) is 2.97. The molecule has 98 valence electrons. The zero-order valence-corrected chi connectivity index (χ0v) is 11.3. The maximum atomic E-state index is 12.2. The summed E-state index contributed by atoms with van der Waals surface area (Å²) in [5.74, 6) is 0. The number of benzene rings is 1. The van der Waals surface area contributed by atoms with Crippen LogP contribution in [-0.2, 0) is 10.0 Å². The molecule has 0 aliphatic heterocycles. The van der Waals surface area contributed by atoms with Crippen LogP contribution in [0.25, 0.3) is 5.08 Å². The number of nitrogens with two attached hydrogens (primary N) is 1. The van der Waals surface area contributed by atoms with E-state index in [0.717, 1.165) is 11.1 Å². The number of hydrogen-bond donors (Lipinski definition) is 1. The standard InChI is InChI=1S/C11H17N4O2S/c1-9-4-5-11(8-10(9)2)18(16,17)15(14-13)7-3-6-12/h4-5,8H,3,6-7,12H2,1-2H3/q+1. The van der Waals surface area contributed by atoms with Crippen molar-refractivity contribution in [3.63, 3.8) is 0 Å². The van der Waals surface area contributed by atoms with Crippen molar-refractivity contribution >= 4 is 10.0 Å². The maximum Gasteiger partial charge on any atom is 0.326 e. The van der Waals surface area contributed by atoms with Gasteiger partial charge < -0.3 is 5.73 Å². The molecule has 0 aliphatic carbocycles. The molecule has 0 aromatic heterocycles. The maximum absolute atomic E-state index is 12.2. The highest BCUT2D eigenvalue weighted by Crippen LogP contribution is 2.19. The van der Waals surface area contributed by atoms with E-state index in [0.29, 0.717) is 17.4 Å². The first-order valence-corrected chi connectivity index (χ1v) is 7.02. The number of nitrogens with zero attached hydrogens (tertiary/aromatic N) is 3. The second-order valence-corrected chi connectivity index (χ2v) is 5.87. The van der Waals surface area contributed by atoms with Crippen molar-refractivity contribution in [1.82, 2.24) is 4.41 Å². The van der Waals surface area contributed by atoms with Crippen LogP contribution in [0.3, 0.4) is 0 Å². The van der Waals surface area contributed by atoms with E-state index in [2.05, 4.69) is 5.08 Å². The summed E-state index contributed by atoms with van der Waals surface area (Å²) in [7, 11) is -3.80. The Morgan fingerprint density at radius 2 is 2.00 bits per heavy atom. The number of aryl methyl sites for hydroxylation is 2. The van der Waals surface area contributed by atoms with Crippen LogP contribution in [0.1, 0.15) is 17.5 Å². The summed E-state index contributed by atoms with van der Waals surface area (Å²) in [6.45, 7) is 4.11. The zero-order chi connectivity index (χ0) is 13.8. The molecule has 7 heteroatoms. The molecule has 0 fully saturated rings. The summed E-state index contributed by atoms with van der Waals surface area (Å²) in [5, 5.41) is 11.6. The monoisotopic (exact) mass is 269 g/mol. The van der Waals surface area contributed by atoms with E-state index in [1.54, 1.807) is 12.1 Å². The van der Waals surface area contributed by atoms with Crippen molar-refractivity contribution in [3.05, 3.63) is 34.4 Å². The van der Waals surface area contributed by atoms with Crippen molar-refractivity contribution < 1.29 is 8.42 Å². The largest absolute Gasteiger partial charge is 0.330 e. The summed E-state index contributed by atoms with van der Waals surface area (Å²) in [6.07, 6.45) is 0.425. The van der Waals surface area contributed by atoms with Gasteiger partial charge in [-0.25, -0.2) is 0 Å². The molecule has 0 radical (unpaired) electrons. The highest BCUT2D eigenvalue weighted by molar-refractivity contribution is 7.89. The molecule has 6 nitrogen and oxygen atoms in total. The Morgan fingerprint density at radius 1 is 1.33 bits per heavy atom. The average molecular weight is 269 g/mol. The molecule has 0 bridgehead atoms. The van der Waals surface area contributed by atoms with Crippen LogP contribution in [0.4, 0.5) is 0 Å². The molecule has 0 saturated carbocycles.